The molecule has 1 aromatic carbocycles. The molecule has 0 fully saturated rings. The number of carbonyl (C=O) groups is 1. The molecule has 1 amide bonds. The molecule has 6 nitrogen and oxygen atoms in total. The maximum Gasteiger partial charge on any atom is 0.225 e. The highest BCUT2D eigenvalue weighted by atomic mass is 16.1. The molecule has 2 rings (SSSR count). The van der Waals surface area contributed by atoms with Gasteiger partial charge in [0, 0.05) is 18.2 Å². The fourth-order valence-corrected chi connectivity index (χ4v) is 1.95. The lowest BCUT2D eigenvalue weighted by Crippen LogP contribution is -2.30. The summed E-state index contributed by atoms with van der Waals surface area (Å²) in [6.45, 7) is 4.88. The van der Waals surface area contributed by atoms with Crippen LogP contribution in [0.25, 0.3) is 5.69 Å². The monoisotopic (exact) mass is 273 g/mol. The van der Waals surface area contributed by atoms with Crippen LogP contribution in [0.2, 0.25) is 0 Å². The lowest BCUT2D eigenvalue weighted by Gasteiger charge is -2.12. The first-order valence-corrected chi connectivity index (χ1v) is 6.67. The number of rotatable bonds is 6. The Bertz CT molecular complexity index is 535. The minimum Gasteiger partial charge on any atom is -0.326 e. The fourth-order valence-electron chi connectivity index (χ4n) is 1.95. The summed E-state index contributed by atoms with van der Waals surface area (Å²) in [6, 6.07) is 7.66. The lowest BCUT2D eigenvalue weighted by molar-refractivity contribution is -0.116. The normalized spacial score (nSPS) is 12.1. The molecule has 0 radical (unpaired) electrons. The van der Waals surface area contributed by atoms with Gasteiger partial charge in [0.15, 0.2) is 0 Å². The number of nitrogens with one attached hydrogen (secondary N) is 2. The third-order valence-corrected chi connectivity index (χ3v) is 2.88. The zero-order valence-electron chi connectivity index (χ0n) is 11.7. The number of carbonyl (C=O) groups excluding carboxylic acids is 1. The molecule has 0 bridgehead atoms. The second-order valence-electron chi connectivity index (χ2n) is 4.60. The van der Waals surface area contributed by atoms with Crippen LogP contribution in [0.4, 0.5) is 5.69 Å². The molecule has 106 valence electrons. The summed E-state index contributed by atoms with van der Waals surface area (Å²) >= 11 is 0. The zero-order chi connectivity index (χ0) is 14.4. The van der Waals surface area contributed by atoms with Crippen molar-refractivity contribution in [2.75, 3.05) is 11.9 Å². The predicted octanol–water partition coefficient (Wildman–Crippen LogP) is 1.59. The van der Waals surface area contributed by atoms with Crippen molar-refractivity contribution in [1.29, 1.82) is 0 Å². The van der Waals surface area contributed by atoms with Gasteiger partial charge in [-0.05, 0) is 37.7 Å². The first kappa shape index (κ1) is 14.2. The van der Waals surface area contributed by atoms with Crippen LogP contribution in [-0.2, 0) is 4.79 Å². The van der Waals surface area contributed by atoms with Gasteiger partial charge in [-0.3, -0.25) is 4.79 Å². The molecule has 0 saturated carbocycles. The van der Waals surface area contributed by atoms with E-state index in [1.54, 1.807) is 11.0 Å². The van der Waals surface area contributed by atoms with Crippen LogP contribution >= 0.6 is 0 Å². The molecule has 1 unspecified atom stereocenters. The van der Waals surface area contributed by atoms with Crippen molar-refractivity contribution >= 4 is 11.6 Å². The summed E-state index contributed by atoms with van der Waals surface area (Å²) in [7, 11) is 0. The van der Waals surface area contributed by atoms with E-state index >= 15 is 0 Å². The second kappa shape index (κ2) is 6.81. The van der Waals surface area contributed by atoms with Crippen molar-refractivity contribution in [1.82, 2.24) is 20.1 Å². The summed E-state index contributed by atoms with van der Waals surface area (Å²) in [6.07, 6.45) is 3.57. The number of amides is 1. The van der Waals surface area contributed by atoms with Crippen molar-refractivity contribution in [3.05, 3.63) is 36.9 Å². The Kier molecular flexibility index (Phi) is 4.84. The Morgan fingerprint density at radius 1 is 1.35 bits per heavy atom. The van der Waals surface area contributed by atoms with Gasteiger partial charge >= 0.3 is 0 Å². The molecule has 2 N–H and O–H groups in total. The Balaban J connectivity index is 1.92. The van der Waals surface area contributed by atoms with Crippen LogP contribution in [0.1, 0.15) is 20.3 Å². The topological polar surface area (TPSA) is 71.8 Å². The molecule has 1 atom stereocenters. The van der Waals surface area contributed by atoms with E-state index in [-0.39, 0.29) is 11.9 Å². The SMILES string of the molecule is CCNC(C)CC(=O)Nc1ccc(-n2cncn2)cc1. The molecule has 1 aromatic heterocycles. The van der Waals surface area contributed by atoms with Gasteiger partial charge in [-0.25, -0.2) is 9.67 Å². The van der Waals surface area contributed by atoms with E-state index in [4.69, 9.17) is 0 Å². The summed E-state index contributed by atoms with van der Waals surface area (Å²) in [4.78, 5) is 15.7. The molecular weight excluding hydrogens is 254 g/mol. The second-order valence-corrected chi connectivity index (χ2v) is 4.60. The van der Waals surface area contributed by atoms with Crippen LogP contribution in [0, 0.1) is 0 Å². The van der Waals surface area contributed by atoms with Gasteiger partial charge in [-0.15, -0.1) is 0 Å². The van der Waals surface area contributed by atoms with Crippen LogP contribution < -0.4 is 10.6 Å². The molecule has 0 aliphatic carbocycles. The summed E-state index contributed by atoms with van der Waals surface area (Å²) < 4.78 is 1.67. The number of anilines is 1. The van der Waals surface area contributed by atoms with Gasteiger partial charge in [-0.1, -0.05) is 6.92 Å². The van der Waals surface area contributed by atoms with Crippen molar-refractivity contribution in [3.8, 4) is 5.69 Å². The number of hydrogen-bond acceptors (Lipinski definition) is 4. The van der Waals surface area contributed by atoms with E-state index in [0.717, 1.165) is 17.9 Å². The zero-order valence-corrected chi connectivity index (χ0v) is 11.7. The number of nitrogens with zero attached hydrogens (tertiary/aromatic N) is 3. The van der Waals surface area contributed by atoms with Crippen LogP contribution in [0.15, 0.2) is 36.9 Å². The molecule has 0 spiro atoms. The van der Waals surface area contributed by atoms with E-state index in [2.05, 4.69) is 20.7 Å². The van der Waals surface area contributed by atoms with E-state index in [1.165, 1.54) is 6.33 Å². The Morgan fingerprint density at radius 3 is 2.70 bits per heavy atom. The Morgan fingerprint density at radius 2 is 2.10 bits per heavy atom. The van der Waals surface area contributed by atoms with Crippen molar-refractivity contribution in [3.63, 3.8) is 0 Å². The highest BCUT2D eigenvalue weighted by Gasteiger charge is 2.08. The Labute approximate surface area is 118 Å². The number of aromatic nitrogens is 3. The maximum absolute atomic E-state index is 11.8. The first-order chi connectivity index (χ1) is 9.69. The number of hydrogen-bond donors (Lipinski definition) is 2. The van der Waals surface area contributed by atoms with Gasteiger partial charge in [0.25, 0.3) is 0 Å². The minimum atomic E-state index is 0.00644. The number of benzene rings is 1. The molecule has 0 aliphatic rings. The highest BCUT2D eigenvalue weighted by molar-refractivity contribution is 5.91. The molecule has 0 saturated heterocycles. The lowest BCUT2D eigenvalue weighted by atomic mass is 10.2. The van der Waals surface area contributed by atoms with Gasteiger partial charge in [0.1, 0.15) is 12.7 Å². The molecular formula is C14H19N5O. The third-order valence-electron chi connectivity index (χ3n) is 2.88. The van der Waals surface area contributed by atoms with Crippen LogP contribution in [0.5, 0.6) is 0 Å². The molecule has 6 heteroatoms. The highest BCUT2D eigenvalue weighted by Crippen LogP contribution is 2.12. The molecule has 2 aromatic rings. The van der Waals surface area contributed by atoms with Gasteiger partial charge < -0.3 is 10.6 Å². The fraction of sp³-hybridized carbons (Fsp3) is 0.357. The average Bonchev–Trinajstić information content (AvgIpc) is 2.93. The van der Waals surface area contributed by atoms with Crippen molar-refractivity contribution in [2.45, 2.75) is 26.3 Å². The third kappa shape index (κ3) is 3.89. The van der Waals surface area contributed by atoms with E-state index in [1.807, 2.05) is 38.1 Å². The maximum atomic E-state index is 11.8. The Hall–Kier alpha value is -2.21. The van der Waals surface area contributed by atoms with Crippen molar-refractivity contribution in [2.24, 2.45) is 0 Å². The average molecular weight is 273 g/mol. The molecule has 0 aliphatic heterocycles. The largest absolute Gasteiger partial charge is 0.326 e. The molecule has 1 heterocycles. The summed E-state index contributed by atoms with van der Waals surface area (Å²) in [5.41, 5.74) is 1.68. The summed E-state index contributed by atoms with van der Waals surface area (Å²) in [5, 5.41) is 10.1. The van der Waals surface area contributed by atoms with E-state index in [9.17, 15) is 4.79 Å². The standard InChI is InChI=1S/C14H19N5O/c1-3-16-11(2)8-14(20)18-12-4-6-13(7-5-12)19-10-15-9-17-19/h4-7,9-11,16H,3,8H2,1-2H3,(H,18,20). The first-order valence-electron chi connectivity index (χ1n) is 6.67. The molecule has 20 heavy (non-hydrogen) atoms. The van der Waals surface area contributed by atoms with E-state index < -0.39 is 0 Å². The quantitative estimate of drug-likeness (QED) is 0.838. The smallest absolute Gasteiger partial charge is 0.225 e. The van der Waals surface area contributed by atoms with Crippen molar-refractivity contribution < 1.29 is 4.79 Å². The minimum absolute atomic E-state index is 0.00644. The van der Waals surface area contributed by atoms with Crippen LogP contribution in [0.3, 0.4) is 0 Å². The van der Waals surface area contributed by atoms with Crippen LogP contribution in [-0.4, -0.2) is 33.3 Å². The van der Waals surface area contributed by atoms with Gasteiger partial charge in [0.2, 0.25) is 5.91 Å². The summed E-state index contributed by atoms with van der Waals surface area (Å²) in [5.74, 6) is 0.00644. The van der Waals surface area contributed by atoms with E-state index in [0.29, 0.717) is 6.42 Å². The van der Waals surface area contributed by atoms with Gasteiger partial charge in [0.05, 0.1) is 5.69 Å². The predicted molar refractivity (Wildman–Crippen MR) is 77.7 cm³/mol. The van der Waals surface area contributed by atoms with Gasteiger partial charge in [-0.2, -0.15) is 5.10 Å².